The first kappa shape index (κ1) is 18.4. The summed E-state index contributed by atoms with van der Waals surface area (Å²) < 4.78 is 19.0. The summed E-state index contributed by atoms with van der Waals surface area (Å²) >= 11 is 9.15. The molecule has 4 nitrogen and oxygen atoms in total. The number of amides is 1. The Hall–Kier alpha value is -1.92. The molecule has 1 amide bonds. The average molecular weight is 415 g/mol. The zero-order valence-corrected chi connectivity index (χ0v) is 15.0. The van der Waals surface area contributed by atoms with Gasteiger partial charge in [0, 0.05) is 4.47 Å². The first-order chi connectivity index (χ1) is 11.3. The third kappa shape index (κ3) is 5.32. The molecule has 0 bridgehead atoms. The zero-order chi connectivity index (χ0) is 17.7. The van der Waals surface area contributed by atoms with Gasteiger partial charge in [0.15, 0.2) is 6.10 Å². The fourth-order valence-corrected chi connectivity index (χ4v) is 2.37. The number of carbonyl (C=O) groups excluding carboxylic acids is 2. The molecule has 24 heavy (non-hydrogen) atoms. The van der Waals surface area contributed by atoms with Gasteiger partial charge in [-0.1, -0.05) is 39.7 Å². The van der Waals surface area contributed by atoms with Crippen LogP contribution in [0.1, 0.15) is 12.5 Å². The van der Waals surface area contributed by atoms with E-state index in [4.69, 9.17) is 16.3 Å². The normalized spacial score (nSPS) is 11.7. The van der Waals surface area contributed by atoms with Crippen LogP contribution in [0, 0.1) is 5.82 Å². The van der Waals surface area contributed by atoms with E-state index in [9.17, 15) is 14.0 Å². The Balaban J connectivity index is 1.90. The van der Waals surface area contributed by atoms with Crippen molar-refractivity contribution in [3.63, 3.8) is 0 Å². The van der Waals surface area contributed by atoms with Gasteiger partial charge in [0.25, 0.3) is 5.91 Å². The Morgan fingerprint density at radius 1 is 1.25 bits per heavy atom. The summed E-state index contributed by atoms with van der Waals surface area (Å²) in [5.74, 6) is -1.58. The van der Waals surface area contributed by atoms with Gasteiger partial charge < -0.3 is 10.1 Å². The molecule has 1 atom stereocenters. The van der Waals surface area contributed by atoms with E-state index >= 15 is 0 Å². The van der Waals surface area contributed by atoms with E-state index in [1.165, 1.54) is 19.1 Å². The molecule has 0 aliphatic rings. The van der Waals surface area contributed by atoms with Gasteiger partial charge in [-0.25, -0.2) is 4.39 Å². The molecule has 2 aromatic rings. The predicted molar refractivity (Wildman–Crippen MR) is 93.4 cm³/mol. The standard InChI is InChI=1S/C17H14BrClFNO3/c1-10(17(23)21-15-7-6-13(20)9-14(15)19)24-16(22)8-11-2-4-12(18)5-3-11/h2-7,9-10H,8H2,1H3,(H,21,23). The number of hydrogen-bond donors (Lipinski definition) is 1. The second kappa shape index (κ2) is 8.26. The first-order valence-corrected chi connectivity index (χ1v) is 8.22. The molecule has 0 heterocycles. The third-order valence-corrected chi connectivity index (χ3v) is 3.97. The van der Waals surface area contributed by atoms with Gasteiger partial charge in [-0.3, -0.25) is 9.59 Å². The highest BCUT2D eigenvalue weighted by Crippen LogP contribution is 2.22. The lowest BCUT2D eigenvalue weighted by atomic mass is 10.1. The lowest BCUT2D eigenvalue weighted by Gasteiger charge is -2.14. The van der Waals surface area contributed by atoms with Crippen molar-refractivity contribution in [1.82, 2.24) is 0 Å². The van der Waals surface area contributed by atoms with E-state index in [-0.39, 0.29) is 17.1 Å². The maximum absolute atomic E-state index is 13.0. The van der Waals surface area contributed by atoms with Crippen LogP contribution in [0.2, 0.25) is 5.02 Å². The van der Waals surface area contributed by atoms with E-state index in [0.29, 0.717) is 0 Å². The Kier molecular flexibility index (Phi) is 6.34. The van der Waals surface area contributed by atoms with Gasteiger partial charge in [-0.15, -0.1) is 0 Å². The van der Waals surface area contributed by atoms with E-state index in [2.05, 4.69) is 21.2 Å². The lowest BCUT2D eigenvalue weighted by molar-refractivity contribution is -0.152. The van der Waals surface area contributed by atoms with Gasteiger partial charge in [0.05, 0.1) is 17.1 Å². The van der Waals surface area contributed by atoms with Crippen LogP contribution in [-0.4, -0.2) is 18.0 Å². The third-order valence-electron chi connectivity index (χ3n) is 3.13. The number of carbonyl (C=O) groups is 2. The van der Waals surface area contributed by atoms with Gasteiger partial charge in [0.1, 0.15) is 5.82 Å². The number of benzene rings is 2. The Bertz CT molecular complexity index is 752. The number of ether oxygens (including phenoxy) is 1. The minimum absolute atomic E-state index is 0.0577. The number of rotatable bonds is 5. The van der Waals surface area contributed by atoms with Gasteiger partial charge in [0.2, 0.25) is 0 Å². The Morgan fingerprint density at radius 2 is 1.92 bits per heavy atom. The van der Waals surface area contributed by atoms with Crippen molar-refractivity contribution in [2.45, 2.75) is 19.4 Å². The Labute approximate surface area is 152 Å². The number of nitrogens with one attached hydrogen (secondary N) is 1. The largest absolute Gasteiger partial charge is 0.452 e. The highest BCUT2D eigenvalue weighted by Gasteiger charge is 2.19. The monoisotopic (exact) mass is 413 g/mol. The van der Waals surface area contributed by atoms with Crippen LogP contribution in [0.4, 0.5) is 10.1 Å². The summed E-state index contributed by atoms with van der Waals surface area (Å²) in [4.78, 5) is 23.9. The van der Waals surface area contributed by atoms with Gasteiger partial charge >= 0.3 is 5.97 Å². The molecule has 0 radical (unpaired) electrons. The van der Waals surface area contributed by atoms with Crippen molar-refractivity contribution in [2.24, 2.45) is 0 Å². The summed E-state index contributed by atoms with van der Waals surface area (Å²) in [6.07, 6.45) is -0.948. The fourth-order valence-electron chi connectivity index (χ4n) is 1.89. The van der Waals surface area contributed by atoms with E-state index in [1.54, 1.807) is 12.1 Å². The molecular weight excluding hydrogens is 401 g/mol. The van der Waals surface area contributed by atoms with Crippen LogP contribution in [0.25, 0.3) is 0 Å². The van der Waals surface area contributed by atoms with Crippen molar-refractivity contribution in [1.29, 1.82) is 0 Å². The maximum Gasteiger partial charge on any atom is 0.311 e. The smallest absolute Gasteiger partial charge is 0.311 e. The predicted octanol–water partition coefficient (Wildman–Crippen LogP) is 4.35. The van der Waals surface area contributed by atoms with E-state index < -0.39 is 23.8 Å². The molecule has 1 unspecified atom stereocenters. The molecule has 0 spiro atoms. The SMILES string of the molecule is CC(OC(=O)Cc1ccc(Br)cc1)C(=O)Nc1ccc(F)cc1Cl. The highest BCUT2D eigenvalue weighted by molar-refractivity contribution is 9.10. The molecular formula is C17H14BrClFNO3. The number of esters is 1. The minimum atomic E-state index is -1.01. The van der Waals surface area contributed by atoms with Crippen LogP contribution in [0.15, 0.2) is 46.9 Å². The summed E-state index contributed by atoms with van der Waals surface area (Å²) in [6.45, 7) is 1.45. The molecule has 2 rings (SSSR count). The molecule has 2 aromatic carbocycles. The van der Waals surface area contributed by atoms with Crippen molar-refractivity contribution in [3.05, 3.63) is 63.3 Å². The number of hydrogen-bond acceptors (Lipinski definition) is 3. The van der Waals surface area contributed by atoms with Crippen molar-refractivity contribution >= 4 is 45.1 Å². The molecule has 0 saturated heterocycles. The van der Waals surface area contributed by atoms with Crippen molar-refractivity contribution in [3.8, 4) is 0 Å². The lowest BCUT2D eigenvalue weighted by Crippen LogP contribution is -2.30. The van der Waals surface area contributed by atoms with Gasteiger partial charge in [-0.2, -0.15) is 0 Å². The fraction of sp³-hybridized carbons (Fsp3) is 0.176. The van der Waals surface area contributed by atoms with Crippen LogP contribution in [-0.2, 0) is 20.7 Å². The Morgan fingerprint density at radius 3 is 2.54 bits per heavy atom. The molecule has 0 saturated carbocycles. The molecule has 0 aliphatic carbocycles. The molecule has 126 valence electrons. The van der Waals surface area contributed by atoms with Crippen molar-refractivity contribution in [2.75, 3.05) is 5.32 Å². The van der Waals surface area contributed by atoms with Crippen LogP contribution in [0.5, 0.6) is 0 Å². The average Bonchev–Trinajstić information content (AvgIpc) is 2.52. The summed E-state index contributed by atoms with van der Waals surface area (Å²) in [6, 6.07) is 10.8. The summed E-state index contributed by atoms with van der Waals surface area (Å²) in [7, 11) is 0. The molecule has 0 aliphatic heterocycles. The number of anilines is 1. The van der Waals surface area contributed by atoms with Crippen molar-refractivity contribution < 1.29 is 18.7 Å². The van der Waals surface area contributed by atoms with Gasteiger partial charge in [-0.05, 0) is 42.8 Å². The summed E-state index contributed by atoms with van der Waals surface area (Å²) in [5.41, 5.74) is 1.02. The highest BCUT2D eigenvalue weighted by atomic mass is 79.9. The zero-order valence-electron chi connectivity index (χ0n) is 12.7. The molecule has 0 aromatic heterocycles. The van der Waals surface area contributed by atoms with Crippen LogP contribution in [0.3, 0.4) is 0 Å². The minimum Gasteiger partial charge on any atom is -0.452 e. The molecule has 0 fully saturated rings. The first-order valence-electron chi connectivity index (χ1n) is 7.05. The van der Waals surface area contributed by atoms with E-state index in [0.717, 1.165) is 16.1 Å². The second-order valence-corrected chi connectivity index (χ2v) is 6.37. The molecule has 1 N–H and O–H groups in total. The summed E-state index contributed by atoms with van der Waals surface area (Å²) in [5, 5.41) is 2.56. The number of halogens is 3. The topological polar surface area (TPSA) is 55.4 Å². The molecule has 7 heteroatoms. The second-order valence-electron chi connectivity index (χ2n) is 5.05. The van der Waals surface area contributed by atoms with Crippen LogP contribution < -0.4 is 5.32 Å². The quantitative estimate of drug-likeness (QED) is 0.740. The van der Waals surface area contributed by atoms with E-state index in [1.807, 2.05) is 12.1 Å². The van der Waals surface area contributed by atoms with Crippen LogP contribution >= 0.6 is 27.5 Å². The maximum atomic E-state index is 13.0.